The molecule has 5 heteroatoms. The number of aromatic nitrogens is 1. The van der Waals surface area contributed by atoms with Crippen molar-refractivity contribution in [2.45, 2.75) is 45.8 Å². The lowest BCUT2D eigenvalue weighted by molar-refractivity contribution is -0.164. The number of H-pyrrole nitrogens is 1. The maximum atomic E-state index is 12.4. The molecule has 0 radical (unpaired) electrons. The van der Waals surface area contributed by atoms with Gasteiger partial charge in [0.1, 0.15) is 11.8 Å². The number of amides is 1. The molecular formula is C16H23N3O2. The van der Waals surface area contributed by atoms with E-state index in [0.29, 0.717) is 11.3 Å². The SMILES string of the molecule is CCC1(CC)C(NC(=O)c2c[nH]c(C#N)c2)C(C)C1OC. The molecule has 0 aliphatic heterocycles. The molecule has 1 aliphatic carbocycles. The number of hydrogen-bond acceptors (Lipinski definition) is 3. The van der Waals surface area contributed by atoms with Crippen molar-refractivity contribution in [2.24, 2.45) is 11.3 Å². The minimum atomic E-state index is -0.134. The summed E-state index contributed by atoms with van der Waals surface area (Å²) < 4.78 is 5.63. The highest BCUT2D eigenvalue weighted by Crippen LogP contribution is 2.52. The van der Waals surface area contributed by atoms with Crippen molar-refractivity contribution >= 4 is 5.91 Å². The summed E-state index contributed by atoms with van der Waals surface area (Å²) in [4.78, 5) is 15.1. The van der Waals surface area contributed by atoms with Crippen LogP contribution in [0.4, 0.5) is 0 Å². The molecule has 1 saturated carbocycles. The lowest BCUT2D eigenvalue weighted by atomic mass is 9.53. The Labute approximate surface area is 125 Å². The van der Waals surface area contributed by atoms with Crippen LogP contribution in [0, 0.1) is 22.7 Å². The largest absolute Gasteiger partial charge is 0.380 e. The van der Waals surface area contributed by atoms with Gasteiger partial charge in [-0.1, -0.05) is 20.8 Å². The van der Waals surface area contributed by atoms with Crippen molar-refractivity contribution < 1.29 is 9.53 Å². The normalized spacial score (nSPS) is 26.7. The number of carbonyl (C=O) groups excluding carboxylic acids is 1. The summed E-state index contributed by atoms with van der Waals surface area (Å²) >= 11 is 0. The van der Waals surface area contributed by atoms with Crippen LogP contribution in [0.5, 0.6) is 0 Å². The van der Waals surface area contributed by atoms with Gasteiger partial charge in [-0.25, -0.2) is 0 Å². The molecule has 0 bridgehead atoms. The first-order valence-corrected chi connectivity index (χ1v) is 7.46. The fourth-order valence-electron chi connectivity index (χ4n) is 3.91. The van der Waals surface area contributed by atoms with Gasteiger partial charge in [-0.2, -0.15) is 5.26 Å². The monoisotopic (exact) mass is 289 g/mol. The third-order valence-corrected chi connectivity index (χ3v) is 5.11. The van der Waals surface area contributed by atoms with Crippen LogP contribution in [0.2, 0.25) is 0 Å². The minimum absolute atomic E-state index is 0.00179. The highest BCUT2D eigenvalue weighted by Gasteiger charge is 2.58. The second-order valence-electron chi connectivity index (χ2n) is 5.82. The molecule has 0 saturated heterocycles. The van der Waals surface area contributed by atoms with Crippen LogP contribution in [0.1, 0.15) is 49.7 Å². The van der Waals surface area contributed by atoms with Gasteiger partial charge in [-0.15, -0.1) is 0 Å². The summed E-state index contributed by atoms with van der Waals surface area (Å²) in [7, 11) is 1.74. The van der Waals surface area contributed by atoms with Crippen LogP contribution in [0.25, 0.3) is 0 Å². The zero-order chi connectivity index (χ0) is 15.6. The maximum Gasteiger partial charge on any atom is 0.253 e. The molecular weight excluding hydrogens is 266 g/mol. The molecule has 1 amide bonds. The number of aromatic amines is 1. The van der Waals surface area contributed by atoms with E-state index < -0.39 is 0 Å². The number of nitriles is 1. The number of methoxy groups -OCH3 is 1. The van der Waals surface area contributed by atoms with E-state index in [2.05, 4.69) is 31.1 Å². The number of nitrogens with zero attached hydrogens (tertiary/aromatic N) is 1. The van der Waals surface area contributed by atoms with Gasteiger partial charge in [0.15, 0.2) is 0 Å². The van der Waals surface area contributed by atoms with Crippen molar-refractivity contribution in [3.63, 3.8) is 0 Å². The zero-order valence-corrected chi connectivity index (χ0v) is 13.1. The molecule has 114 valence electrons. The summed E-state index contributed by atoms with van der Waals surface area (Å²) in [5, 5.41) is 11.9. The van der Waals surface area contributed by atoms with Gasteiger partial charge in [0.05, 0.1) is 11.7 Å². The Morgan fingerprint density at radius 3 is 2.67 bits per heavy atom. The van der Waals surface area contributed by atoms with Gasteiger partial charge in [0, 0.05) is 30.7 Å². The van der Waals surface area contributed by atoms with Crippen LogP contribution in [-0.2, 0) is 4.74 Å². The molecule has 0 spiro atoms. The average molecular weight is 289 g/mol. The first kappa shape index (κ1) is 15.6. The van der Waals surface area contributed by atoms with Crippen molar-refractivity contribution in [3.8, 4) is 6.07 Å². The van der Waals surface area contributed by atoms with E-state index in [0.717, 1.165) is 12.8 Å². The topological polar surface area (TPSA) is 77.9 Å². The van der Waals surface area contributed by atoms with Gasteiger partial charge >= 0.3 is 0 Å². The molecule has 3 unspecified atom stereocenters. The van der Waals surface area contributed by atoms with E-state index >= 15 is 0 Å². The Hall–Kier alpha value is -1.80. The molecule has 5 nitrogen and oxygen atoms in total. The van der Waals surface area contributed by atoms with Crippen LogP contribution in [0.15, 0.2) is 12.3 Å². The highest BCUT2D eigenvalue weighted by molar-refractivity contribution is 5.94. The average Bonchev–Trinajstić information content (AvgIpc) is 2.98. The first-order valence-electron chi connectivity index (χ1n) is 7.46. The quantitative estimate of drug-likeness (QED) is 0.874. The van der Waals surface area contributed by atoms with E-state index in [-0.39, 0.29) is 29.4 Å². The number of rotatable bonds is 5. The van der Waals surface area contributed by atoms with Crippen LogP contribution >= 0.6 is 0 Å². The third kappa shape index (κ3) is 2.34. The van der Waals surface area contributed by atoms with Crippen LogP contribution in [0.3, 0.4) is 0 Å². The van der Waals surface area contributed by atoms with Crippen molar-refractivity contribution in [2.75, 3.05) is 7.11 Å². The van der Waals surface area contributed by atoms with Crippen molar-refractivity contribution in [1.82, 2.24) is 10.3 Å². The molecule has 1 fully saturated rings. The Morgan fingerprint density at radius 1 is 1.52 bits per heavy atom. The first-order chi connectivity index (χ1) is 10.0. The summed E-state index contributed by atoms with van der Waals surface area (Å²) in [5.74, 6) is 0.152. The predicted molar refractivity (Wildman–Crippen MR) is 79.7 cm³/mol. The van der Waals surface area contributed by atoms with Crippen LogP contribution in [-0.4, -0.2) is 30.1 Å². The van der Waals surface area contributed by atoms with E-state index in [1.165, 1.54) is 0 Å². The minimum Gasteiger partial charge on any atom is -0.380 e. The Kier molecular flexibility index (Phi) is 4.38. The molecule has 1 aliphatic rings. The molecule has 3 atom stereocenters. The number of carbonyl (C=O) groups is 1. The smallest absolute Gasteiger partial charge is 0.253 e. The zero-order valence-electron chi connectivity index (χ0n) is 13.1. The van der Waals surface area contributed by atoms with E-state index in [9.17, 15) is 4.79 Å². The van der Waals surface area contributed by atoms with E-state index in [4.69, 9.17) is 10.00 Å². The fraction of sp³-hybridized carbons (Fsp3) is 0.625. The van der Waals surface area contributed by atoms with Gasteiger partial charge in [-0.3, -0.25) is 4.79 Å². The standard InChI is InChI=1S/C16H23N3O2/c1-5-16(6-2)13(10(3)14(16)21-4)19-15(20)11-7-12(8-17)18-9-11/h7,9-10,13-14,18H,5-6H2,1-4H3,(H,19,20). The van der Waals surface area contributed by atoms with Gasteiger partial charge in [0.2, 0.25) is 0 Å². The molecule has 0 aromatic carbocycles. The highest BCUT2D eigenvalue weighted by atomic mass is 16.5. The van der Waals surface area contributed by atoms with E-state index in [1.54, 1.807) is 19.4 Å². The number of ether oxygens (including phenoxy) is 1. The molecule has 1 heterocycles. The Bertz CT molecular complexity index is 554. The summed E-state index contributed by atoms with van der Waals surface area (Å²) in [6, 6.07) is 3.67. The third-order valence-electron chi connectivity index (χ3n) is 5.11. The number of hydrogen-bond donors (Lipinski definition) is 2. The van der Waals surface area contributed by atoms with E-state index in [1.807, 2.05) is 6.07 Å². The van der Waals surface area contributed by atoms with Crippen molar-refractivity contribution in [1.29, 1.82) is 5.26 Å². The predicted octanol–water partition coefficient (Wildman–Crippen LogP) is 2.46. The Morgan fingerprint density at radius 2 is 2.19 bits per heavy atom. The molecule has 1 aromatic rings. The Balaban J connectivity index is 2.14. The summed E-state index contributed by atoms with van der Waals surface area (Å²) in [5.41, 5.74) is 0.896. The van der Waals surface area contributed by atoms with Gasteiger partial charge in [0.25, 0.3) is 5.91 Å². The summed E-state index contributed by atoms with van der Waals surface area (Å²) in [6.45, 7) is 6.40. The fourth-order valence-corrected chi connectivity index (χ4v) is 3.91. The molecule has 2 N–H and O–H groups in total. The van der Waals surface area contributed by atoms with Gasteiger partial charge in [-0.05, 0) is 18.9 Å². The lowest BCUT2D eigenvalue weighted by Gasteiger charge is -2.59. The van der Waals surface area contributed by atoms with Crippen molar-refractivity contribution in [3.05, 3.63) is 23.5 Å². The number of nitrogens with one attached hydrogen (secondary N) is 2. The van der Waals surface area contributed by atoms with Crippen LogP contribution < -0.4 is 5.32 Å². The van der Waals surface area contributed by atoms with Gasteiger partial charge < -0.3 is 15.0 Å². The second kappa shape index (κ2) is 5.90. The molecule has 21 heavy (non-hydrogen) atoms. The lowest BCUT2D eigenvalue weighted by Crippen LogP contribution is -2.69. The maximum absolute atomic E-state index is 12.4. The molecule has 2 rings (SSSR count). The molecule has 1 aromatic heterocycles. The second-order valence-corrected chi connectivity index (χ2v) is 5.82. The summed E-state index contributed by atoms with van der Waals surface area (Å²) in [6.07, 6.45) is 3.69.